The van der Waals surface area contributed by atoms with Gasteiger partial charge in [0.2, 0.25) is 5.78 Å². The Kier molecular flexibility index (Phi) is 6.70. The zero-order valence-electron chi connectivity index (χ0n) is 21.2. The highest BCUT2D eigenvalue weighted by atomic mass is 16.6. The van der Waals surface area contributed by atoms with E-state index in [1.807, 2.05) is 13.8 Å². The number of fused-ring (bicyclic) bond motifs is 3. The molecule has 2 aliphatic carbocycles. The second-order valence-electron chi connectivity index (χ2n) is 10.6. The number of ketones is 2. The molecule has 1 heterocycles. The fourth-order valence-corrected chi connectivity index (χ4v) is 6.91. The maximum absolute atomic E-state index is 13.9. The van der Waals surface area contributed by atoms with E-state index in [1.165, 1.54) is 21.1 Å². The van der Waals surface area contributed by atoms with Crippen LogP contribution in [0.4, 0.5) is 0 Å². The highest BCUT2D eigenvalue weighted by Gasteiger charge is 2.68. The van der Waals surface area contributed by atoms with E-state index in [1.54, 1.807) is 24.3 Å². The third-order valence-electron chi connectivity index (χ3n) is 8.56. The van der Waals surface area contributed by atoms with Gasteiger partial charge in [0, 0.05) is 24.8 Å². The van der Waals surface area contributed by atoms with Crippen LogP contribution in [0.1, 0.15) is 56.8 Å². The highest BCUT2D eigenvalue weighted by Crippen LogP contribution is 2.64. The van der Waals surface area contributed by atoms with Gasteiger partial charge in [-0.3, -0.25) is 24.0 Å². The van der Waals surface area contributed by atoms with Gasteiger partial charge in [-0.05, 0) is 54.4 Å². The van der Waals surface area contributed by atoms with E-state index in [0.29, 0.717) is 24.2 Å². The number of benzene rings is 1. The van der Waals surface area contributed by atoms with Crippen LogP contribution in [0.15, 0.2) is 24.3 Å². The van der Waals surface area contributed by atoms with Crippen LogP contribution in [0.25, 0.3) is 0 Å². The van der Waals surface area contributed by atoms with E-state index in [0.717, 1.165) is 0 Å². The Morgan fingerprint density at radius 2 is 1.69 bits per heavy atom. The molecule has 1 aromatic rings. The van der Waals surface area contributed by atoms with Crippen LogP contribution < -0.4 is 4.74 Å². The molecule has 2 saturated carbocycles. The first kappa shape index (κ1) is 25.9. The van der Waals surface area contributed by atoms with Gasteiger partial charge in [0.15, 0.2) is 18.0 Å². The lowest BCUT2D eigenvalue weighted by atomic mass is 9.43. The maximum atomic E-state index is 13.9. The van der Waals surface area contributed by atoms with Crippen molar-refractivity contribution < 1.29 is 42.9 Å². The summed E-state index contributed by atoms with van der Waals surface area (Å²) < 4.78 is 21.2. The molecule has 0 unspecified atom stereocenters. The summed E-state index contributed by atoms with van der Waals surface area (Å²) in [4.78, 5) is 65.1. The lowest BCUT2D eigenvalue weighted by Crippen LogP contribution is -2.65. The van der Waals surface area contributed by atoms with Gasteiger partial charge in [-0.25, -0.2) is 0 Å². The number of carbonyl (C=O) groups is 5. The van der Waals surface area contributed by atoms with Gasteiger partial charge in [-0.15, -0.1) is 0 Å². The molecule has 36 heavy (non-hydrogen) atoms. The lowest BCUT2D eigenvalue weighted by Gasteiger charge is -2.60. The Morgan fingerprint density at radius 1 is 1.03 bits per heavy atom. The first-order chi connectivity index (χ1) is 17.0. The quantitative estimate of drug-likeness (QED) is 0.341. The SMILES string of the molecule is COC(=O)[C@@H]1C[C@H](OC(C)=O)C(=O)[C@H]2[C@@]1(C)CC[C@H]1C(=O)O[C@H](C(=O)c3ccc(OC)cc3)C[C@]21C. The molecule has 9 nitrogen and oxygen atoms in total. The van der Waals surface area contributed by atoms with Gasteiger partial charge in [-0.1, -0.05) is 13.8 Å². The monoisotopic (exact) mass is 500 g/mol. The fourth-order valence-electron chi connectivity index (χ4n) is 6.91. The zero-order valence-corrected chi connectivity index (χ0v) is 21.2. The zero-order chi connectivity index (χ0) is 26.4. The Labute approximate surface area is 209 Å². The number of ether oxygens (including phenoxy) is 4. The molecule has 0 aromatic heterocycles. The minimum atomic E-state index is -1.13. The average Bonchev–Trinajstić information content (AvgIpc) is 2.83. The van der Waals surface area contributed by atoms with Crippen molar-refractivity contribution in [3.05, 3.63) is 29.8 Å². The van der Waals surface area contributed by atoms with Crippen LogP contribution in [-0.4, -0.2) is 55.9 Å². The molecule has 9 heteroatoms. The molecule has 194 valence electrons. The molecule has 0 amide bonds. The molecule has 4 rings (SSSR count). The largest absolute Gasteiger partial charge is 0.497 e. The fraction of sp³-hybridized carbons (Fsp3) is 0.593. The third kappa shape index (κ3) is 4.08. The first-order valence-electron chi connectivity index (χ1n) is 12.1. The van der Waals surface area contributed by atoms with E-state index in [2.05, 4.69) is 0 Å². The number of methoxy groups -OCH3 is 2. The normalized spacial score (nSPS) is 35.5. The molecule has 0 radical (unpaired) electrons. The van der Waals surface area contributed by atoms with Gasteiger partial charge in [0.1, 0.15) is 5.75 Å². The van der Waals surface area contributed by atoms with E-state index in [9.17, 15) is 24.0 Å². The smallest absolute Gasteiger partial charge is 0.310 e. The predicted octanol–water partition coefficient (Wildman–Crippen LogP) is 2.93. The van der Waals surface area contributed by atoms with Crippen LogP contribution in [0, 0.1) is 28.6 Å². The van der Waals surface area contributed by atoms with E-state index in [-0.39, 0.29) is 24.4 Å². The van der Waals surface area contributed by atoms with Crippen molar-refractivity contribution in [2.24, 2.45) is 28.6 Å². The lowest BCUT2D eigenvalue weighted by molar-refractivity contribution is -0.206. The Balaban J connectivity index is 1.74. The van der Waals surface area contributed by atoms with Crippen molar-refractivity contribution in [3.63, 3.8) is 0 Å². The van der Waals surface area contributed by atoms with Crippen molar-refractivity contribution in [1.82, 2.24) is 0 Å². The number of rotatable bonds is 5. The van der Waals surface area contributed by atoms with Crippen molar-refractivity contribution in [2.75, 3.05) is 14.2 Å². The molecule has 3 fully saturated rings. The molecular weight excluding hydrogens is 468 g/mol. The third-order valence-corrected chi connectivity index (χ3v) is 8.56. The van der Waals surface area contributed by atoms with Gasteiger partial charge in [0.25, 0.3) is 0 Å². The molecule has 1 aliphatic heterocycles. The summed E-state index contributed by atoms with van der Waals surface area (Å²) in [6.45, 7) is 4.89. The number of cyclic esters (lactones) is 1. The van der Waals surface area contributed by atoms with E-state index < -0.39 is 58.7 Å². The van der Waals surface area contributed by atoms with Crippen LogP contribution in [-0.2, 0) is 33.4 Å². The van der Waals surface area contributed by atoms with Crippen molar-refractivity contribution in [2.45, 2.75) is 58.7 Å². The summed E-state index contributed by atoms with van der Waals surface area (Å²) in [5, 5.41) is 0. The number of Topliss-reactive ketones (excluding diaryl/α,β-unsaturated/α-hetero) is 2. The molecule has 3 aliphatic rings. The van der Waals surface area contributed by atoms with Gasteiger partial charge in [-0.2, -0.15) is 0 Å². The standard InChI is InChI=1S/C27H32O9/c1-14(28)35-19-12-18(24(31)34-5)26(2)11-10-17-25(32)36-20(13-27(17,3)23(26)22(19)30)21(29)15-6-8-16(33-4)9-7-15/h6-9,17-20,23H,10-13H2,1-5H3/t17-,18-,19-,20-,23-,26-,27-/m0/s1. The molecule has 0 bridgehead atoms. The average molecular weight is 501 g/mol. The molecule has 7 atom stereocenters. The van der Waals surface area contributed by atoms with Crippen molar-refractivity contribution in [1.29, 1.82) is 0 Å². The van der Waals surface area contributed by atoms with Gasteiger partial charge >= 0.3 is 17.9 Å². The van der Waals surface area contributed by atoms with Crippen LogP contribution >= 0.6 is 0 Å². The van der Waals surface area contributed by atoms with Crippen LogP contribution in [0.5, 0.6) is 5.75 Å². The Bertz CT molecular complexity index is 1090. The predicted molar refractivity (Wildman–Crippen MR) is 125 cm³/mol. The summed E-state index contributed by atoms with van der Waals surface area (Å²) in [5.74, 6) is -3.92. The Hall–Kier alpha value is -3.23. The maximum Gasteiger partial charge on any atom is 0.310 e. The minimum absolute atomic E-state index is 0.0253. The second-order valence-corrected chi connectivity index (χ2v) is 10.6. The molecular formula is C27H32O9. The number of hydrogen-bond donors (Lipinski definition) is 0. The topological polar surface area (TPSA) is 122 Å². The van der Waals surface area contributed by atoms with E-state index in [4.69, 9.17) is 18.9 Å². The van der Waals surface area contributed by atoms with Gasteiger partial charge in [0.05, 0.1) is 26.1 Å². The molecule has 1 saturated heterocycles. The summed E-state index contributed by atoms with van der Waals surface area (Å²) in [7, 11) is 2.81. The van der Waals surface area contributed by atoms with Crippen molar-refractivity contribution in [3.8, 4) is 5.75 Å². The number of hydrogen-bond acceptors (Lipinski definition) is 9. The first-order valence-corrected chi connectivity index (χ1v) is 12.1. The highest BCUT2D eigenvalue weighted by molar-refractivity contribution is 6.01. The second kappa shape index (κ2) is 9.33. The Morgan fingerprint density at radius 3 is 2.28 bits per heavy atom. The minimum Gasteiger partial charge on any atom is -0.497 e. The van der Waals surface area contributed by atoms with Gasteiger partial charge < -0.3 is 18.9 Å². The van der Waals surface area contributed by atoms with Crippen molar-refractivity contribution >= 4 is 29.5 Å². The molecule has 0 N–H and O–H groups in total. The summed E-state index contributed by atoms with van der Waals surface area (Å²) >= 11 is 0. The number of esters is 3. The summed E-state index contributed by atoms with van der Waals surface area (Å²) in [5.41, 5.74) is -1.47. The summed E-state index contributed by atoms with van der Waals surface area (Å²) in [6, 6.07) is 6.50. The van der Waals surface area contributed by atoms with Crippen LogP contribution in [0.3, 0.4) is 0 Å². The van der Waals surface area contributed by atoms with E-state index >= 15 is 0 Å². The van der Waals surface area contributed by atoms with Crippen LogP contribution in [0.2, 0.25) is 0 Å². The molecule has 1 aromatic carbocycles. The summed E-state index contributed by atoms with van der Waals surface area (Å²) in [6.07, 6.45) is -1.26. The molecule has 0 spiro atoms. The number of carbonyl (C=O) groups excluding carboxylic acids is 5.